The van der Waals surface area contributed by atoms with Gasteiger partial charge in [-0.2, -0.15) is 0 Å². The summed E-state index contributed by atoms with van der Waals surface area (Å²) in [4.78, 5) is 25.9. The number of aryl methyl sites for hydroxylation is 1. The minimum atomic E-state index is -0.411. The highest BCUT2D eigenvalue weighted by molar-refractivity contribution is 6.34. The fourth-order valence-corrected chi connectivity index (χ4v) is 3.36. The summed E-state index contributed by atoms with van der Waals surface area (Å²) in [5, 5.41) is 6.59. The van der Waals surface area contributed by atoms with E-state index in [-0.39, 0.29) is 11.8 Å². The van der Waals surface area contributed by atoms with Crippen molar-refractivity contribution in [3.05, 3.63) is 58.6 Å². The van der Waals surface area contributed by atoms with Gasteiger partial charge in [0.05, 0.1) is 10.7 Å². The molecule has 1 saturated heterocycles. The van der Waals surface area contributed by atoms with Gasteiger partial charge in [0.15, 0.2) is 0 Å². The van der Waals surface area contributed by atoms with Crippen LogP contribution in [0, 0.1) is 6.92 Å². The summed E-state index contributed by atoms with van der Waals surface area (Å²) >= 11 is 6.36. The van der Waals surface area contributed by atoms with Crippen molar-refractivity contribution >= 4 is 34.8 Å². The predicted molar refractivity (Wildman–Crippen MR) is 109 cm³/mol. The number of nitrogens with zero attached hydrogens (tertiary/aromatic N) is 1. The molecule has 2 aromatic rings. The molecule has 1 atom stereocenters. The minimum Gasteiger partial charge on any atom is -0.374 e. The number of amides is 2. The van der Waals surface area contributed by atoms with Crippen LogP contribution < -0.4 is 15.5 Å². The summed E-state index contributed by atoms with van der Waals surface area (Å²) in [5.74, 6) is 0.00644. The smallest absolute Gasteiger partial charge is 0.242 e. The van der Waals surface area contributed by atoms with E-state index in [1.54, 1.807) is 17.9 Å². The number of rotatable bonds is 6. The van der Waals surface area contributed by atoms with Crippen molar-refractivity contribution in [2.75, 3.05) is 16.8 Å². The van der Waals surface area contributed by atoms with E-state index in [0.717, 1.165) is 23.4 Å². The maximum absolute atomic E-state index is 12.3. The van der Waals surface area contributed by atoms with Crippen LogP contribution in [0.1, 0.15) is 30.9 Å². The van der Waals surface area contributed by atoms with E-state index in [1.165, 1.54) is 5.56 Å². The summed E-state index contributed by atoms with van der Waals surface area (Å²) in [7, 11) is 0. The van der Waals surface area contributed by atoms with Gasteiger partial charge in [0.2, 0.25) is 11.8 Å². The second kappa shape index (κ2) is 8.44. The molecule has 2 aromatic carbocycles. The van der Waals surface area contributed by atoms with Gasteiger partial charge < -0.3 is 15.5 Å². The molecule has 6 heteroatoms. The topological polar surface area (TPSA) is 61.4 Å². The van der Waals surface area contributed by atoms with Crippen LogP contribution in [-0.2, 0) is 16.1 Å². The van der Waals surface area contributed by atoms with Crippen LogP contribution in [0.15, 0.2) is 42.5 Å². The molecule has 0 bridgehead atoms. The molecule has 1 aliphatic heterocycles. The van der Waals surface area contributed by atoms with E-state index >= 15 is 0 Å². The van der Waals surface area contributed by atoms with Crippen molar-refractivity contribution in [2.45, 2.75) is 39.3 Å². The third-order valence-electron chi connectivity index (χ3n) is 4.68. The summed E-state index contributed by atoms with van der Waals surface area (Å²) in [5.41, 5.74) is 3.72. The molecule has 0 radical (unpaired) electrons. The fraction of sp³-hybridized carbons (Fsp3) is 0.333. The number of carbonyl (C=O) groups is 2. The second-order valence-corrected chi connectivity index (χ2v) is 7.29. The van der Waals surface area contributed by atoms with E-state index in [1.807, 2.05) is 43.3 Å². The van der Waals surface area contributed by atoms with E-state index in [0.29, 0.717) is 24.5 Å². The number of anilines is 2. The molecule has 1 fully saturated rings. The van der Waals surface area contributed by atoms with E-state index in [9.17, 15) is 9.59 Å². The third kappa shape index (κ3) is 4.80. The Morgan fingerprint density at radius 1 is 1.22 bits per heavy atom. The Labute approximate surface area is 164 Å². The van der Waals surface area contributed by atoms with Crippen molar-refractivity contribution in [3.8, 4) is 0 Å². The van der Waals surface area contributed by atoms with E-state index < -0.39 is 6.04 Å². The molecule has 1 unspecified atom stereocenters. The second-order valence-electron chi connectivity index (χ2n) is 6.88. The molecule has 0 aromatic heterocycles. The number of benzene rings is 2. The van der Waals surface area contributed by atoms with Gasteiger partial charge in [-0.3, -0.25) is 9.59 Å². The number of halogens is 1. The number of hydrogen-bond donors (Lipinski definition) is 2. The Morgan fingerprint density at radius 2 is 1.96 bits per heavy atom. The normalized spacial score (nSPS) is 14.9. The van der Waals surface area contributed by atoms with Crippen LogP contribution in [-0.4, -0.2) is 24.4 Å². The molecular weight excluding hydrogens is 362 g/mol. The summed E-state index contributed by atoms with van der Waals surface area (Å²) in [6, 6.07) is 13.1. The standard InChI is InChI=1S/C21H24ClN3O2/c1-14-5-7-16(8-6-14)13-23-21(27)15(2)24-17-9-10-19(18(22)12-17)25-11-3-4-20(25)26/h5-10,12,15,24H,3-4,11,13H2,1-2H3,(H,23,27). The first kappa shape index (κ1) is 19.2. The SMILES string of the molecule is Cc1ccc(CNC(=O)C(C)Nc2ccc(N3CCCC3=O)c(Cl)c2)cc1. The van der Waals surface area contributed by atoms with Crippen LogP contribution in [0.2, 0.25) is 5.02 Å². The summed E-state index contributed by atoms with van der Waals surface area (Å²) < 4.78 is 0. The highest BCUT2D eigenvalue weighted by Gasteiger charge is 2.23. The predicted octanol–water partition coefficient (Wildman–Crippen LogP) is 3.89. The van der Waals surface area contributed by atoms with Gasteiger partial charge in [-0.05, 0) is 44.0 Å². The van der Waals surface area contributed by atoms with Crippen LogP contribution in [0.4, 0.5) is 11.4 Å². The fourth-order valence-electron chi connectivity index (χ4n) is 3.08. The van der Waals surface area contributed by atoms with Crippen molar-refractivity contribution in [1.29, 1.82) is 0 Å². The lowest BCUT2D eigenvalue weighted by Gasteiger charge is -2.20. The van der Waals surface area contributed by atoms with Gasteiger partial charge >= 0.3 is 0 Å². The molecule has 0 saturated carbocycles. The number of carbonyl (C=O) groups excluding carboxylic acids is 2. The molecule has 1 aliphatic rings. The zero-order chi connectivity index (χ0) is 19.4. The first-order valence-electron chi connectivity index (χ1n) is 9.14. The summed E-state index contributed by atoms with van der Waals surface area (Å²) in [6.07, 6.45) is 1.42. The molecular formula is C21H24ClN3O2. The van der Waals surface area contributed by atoms with Crippen LogP contribution in [0.5, 0.6) is 0 Å². The van der Waals surface area contributed by atoms with Gasteiger partial charge in [-0.15, -0.1) is 0 Å². The average molecular weight is 386 g/mol. The maximum atomic E-state index is 12.3. The largest absolute Gasteiger partial charge is 0.374 e. The Bertz CT molecular complexity index is 836. The monoisotopic (exact) mass is 385 g/mol. The molecule has 0 spiro atoms. The third-order valence-corrected chi connectivity index (χ3v) is 4.98. The van der Waals surface area contributed by atoms with Gasteiger partial charge in [0.1, 0.15) is 6.04 Å². The van der Waals surface area contributed by atoms with E-state index in [2.05, 4.69) is 10.6 Å². The highest BCUT2D eigenvalue weighted by Crippen LogP contribution is 2.31. The van der Waals surface area contributed by atoms with Crippen molar-refractivity contribution in [2.24, 2.45) is 0 Å². The Hall–Kier alpha value is -2.53. The van der Waals surface area contributed by atoms with Gasteiger partial charge in [-0.25, -0.2) is 0 Å². The lowest BCUT2D eigenvalue weighted by atomic mass is 10.1. The Kier molecular flexibility index (Phi) is 6.01. The molecule has 1 heterocycles. The lowest BCUT2D eigenvalue weighted by molar-refractivity contribution is -0.121. The van der Waals surface area contributed by atoms with Crippen LogP contribution in [0.25, 0.3) is 0 Å². The number of hydrogen-bond acceptors (Lipinski definition) is 3. The average Bonchev–Trinajstić information content (AvgIpc) is 3.07. The van der Waals surface area contributed by atoms with Gasteiger partial charge in [-0.1, -0.05) is 41.4 Å². The van der Waals surface area contributed by atoms with Crippen LogP contribution >= 0.6 is 11.6 Å². The van der Waals surface area contributed by atoms with Crippen molar-refractivity contribution < 1.29 is 9.59 Å². The number of nitrogens with one attached hydrogen (secondary N) is 2. The minimum absolute atomic E-state index is 0.0921. The van der Waals surface area contributed by atoms with Crippen LogP contribution in [0.3, 0.4) is 0 Å². The van der Waals surface area contributed by atoms with Gasteiger partial charge in [0, 0.05) is 25.2 Å². The molecule has 142 valence electrons. The zero-order valence-corrected chi connectivity index (χ0v) is 16.3. The van der Waals surface area contributed by atoms with E-state index in [4.69, 9.17) is 11.6 Å². The summed E-state index contributed by atoms with van der Waals surface area (Å²) in [6.45, 7) is 5.02. The lowest BCUT2D eigenvalue weighted by Crippen LogP contribution is -2.37. The zero-order valence-electron chi connectivity index (χ0n) is 15.6. The molecule has 0 aliphatic carbocycles. The maximum Gasteiger partial charge on any atom is 0.242 e. The molecule has 5 nitrogen and oxygen atoms in total. The molecule has 2 amide bonds. The molecule has 27 heavy (non-hydrogen) atoms. The Balaban J connectivity index is 1.57. The highest BCUT2D eigenvalue weighted by atomic mass is 35.5. The molecule has 3 rings (SSSR count). The first-order valence-corrected chi connectivity index (χ1v) is 9.51. The van der Waals surface area contributed by atoms with Crippen molar-refractivity contribution in [3.63, 3.8) is 0 Å². The Morgan fingerprint density at radius 3 is 2.59 bits per heavy atom. The quantitative estimate of drug-likeness (QED) is 0.792. The van der Waals surface area contributed by atoms with Gasteiger partial charge in [0.25, 0.3) is 0 Å². The first-order chi connectivity index (χ1) is 12.9. The van der Waals surface area contributed by atoms with Crippen molar-refractivity contribution in [1.82, 2.24) is 5.32 Å². The molecule has 2 N–H and O–H groups in total.